The van der Waals surface area contributed by atoms with Crippen LogP contribution < -0.4 is 4.90 Å². The first kappa shape index (κ1) is 23.9. The van der Waals surface area contributed by atoms with E-state index >= 15 is 0 Å². The second kappa shape index (κ2) is 9.00. The molecule has 1 fully saturated rings. The van der Waals surface area contributed by atoms with Crippen molar-refractivity contribution in [2.45, 2.75) is 71.8 Å². The molecule has 0 radical (unpaired) electrons. The fraction of sp³-hybridized carbons (Fsp3) is 0.625. The zero-order valence-corrected chi connectivity index (χ0v) is 20.0. The number of hydrogen-bond acceptors (Lipinski definition) is 6. The molecule has 8 heteroatoms. The van der Waals surface area contributed by atoms with Gasteiger partial charge in [-0.05, 0) is 58.7 Å². The van der Waals surface area contributed by atoms with Gasteiger partial charge in [0.05, 0.1) is 12.6 Å². The van der Waals surface area contributed by atoms with Gasteiger partial charge in [-0.2, -0.15) is 0 Å². The Morgan fingerprint density at radius 1 is 0.938 bits per heavy atom. The van der Waals surface area contributed by atoms with Gasteiger partial charge in [-0.25, -0.2) is 9.59 Å². The lowest BCUT2D eigenvalue weighted by molar-refractivity contribution is -0.113. The van der Waals surface area contributed by atoms with Crippen molar-refractivity contribution < 1.29 is 23.9 Å². The number of rotatable bonds is 2. The van der Waals surface area contributed by atoms with Gasteiger partial charge >= 0.3 is 12.2 Å². The first-order valence-corrected chi connectivity index (χ1v) is 11.2. The molecule has 2 heterocycles. The van der Waals surface area contributed by atoms with Gasteiger partial charge in [0, 0.05) is 38.3 Å². The van der Waals surface area contributed by atoms with Gasteiger partial charge in [0.15, 0.2) is 0 Å². The number of amides is 2. The predicted molar refractivity (Wildman–Crippen MR) is 122 cm³/mol. The van der Waals surface area contributed by atoms with E-state index in [0.29, 0.717) is 39.1 Å². The maximum atomic E-state index is 12.7. The molecule has 1 unspecified atom stereocenters. The summed E-state index contributed by atoms with van der Waals surface area (Å²) in [5.74, 6) is 0. The largest absolute Gasteiger partial charge is 0.444 e. The van der Waals surface area contributed by atoms with Gasteiger partial charge in [0.25, 0.3) is 0 Å². The molecule has 8 nitrogen and oxygen atoms in total. The third-order valence-corrected chi connectivity index (χ3v) is 5.46. The summed E-state index contributed by atoms with van der Waals surface area (Å²) in [4.78, 5) is 42.4. The minimum atomic E-state index is -0.625. The molecule has 0 bridgehead atoms. The summed E-state index contributed by atoms with van der Waals surface area (Å²) < 4.78 is 11.0. The highest BCUT2D eigenvalue weighted by Crippen LogP contribution is 2.32. The van der Waals surface area contributed by atoms with E-state index in [9.17, 15) is 14.4 Å². The molecule has 32 heavy (non-hydrogen) atoms. The quantitative estimate of drug-likeness (QED) is 0.647. The number of anilines is 1. The van der Waals surface area contributed by atoms with Crippen LogP contribution in [0.5, 0.6) is 0 Å². The molecule has 1 aromatic rings. The summed E-state index contributed by atoms with van der Waals surface area (Å²) >= 11 is 0. The normalized spacial score (nSPS) is 19.3. The Morgan fingerprint density at radius 3 is 2.09 bits per heavy atom. The van der Waals surface area contributed by atoms with Crippen molar-refractivity contribution in [2.24, 2.45) is 0 Å². The molecule has 1 saturated heterocycles. The van der Waals surface area contributed by atoms with Crippen molar-refractivity contribution in [1.82, 2.24) is 9.80 Å². The molecule has 0 aromatic heterocycles. The van der Waals surface area contributed by atoms with Crippen molar-refractivity contribution in [3.05, 3.63) is 29.3 Å². The monoisotopic (exact) mass is 445 g/mol. The number of carbonyl (C=O) groups is 3. The summed E-state index contributed by atoms with van der Waals surface area (Å²) in [5, 5.41) is 0. The third-order valence-electron chi connectivity index (χ3n) is 5.46. The molecule has 2 amide bonds. The fourth-order valence-corrected chi connectivity index (χ4v) is 4.02. The Kier molecular flexibility index (Phi) is 6.72. The average Bonchev–Trinajstić information content (AvgIpc) is 2.70. The zero-order valence-electron chi connectivity index (χ0n) is 20.0. The van der Waals surface area contributed by atoms with Crippen molar-refractivity contribution in [3.8, 4) is 0 Å². The highest BCUT2D eigenvalue weighted by atomic mass is 16.6. The summed E-state index contributed by atoms with van der Waals surface area (Å²) in [7, 11) is 0. The van der Waals surface area contributed by atoms with Crippen molar-refractivity contribution in [3.63, 3.8) is 0 Å². The molecule has 1 aromatic carbocycles. The number of aldehydes is 1. The van der Waals surface area contributed by atoms with Crippen LogP contribution >= 0.6 is 0 Å². The molecular formula is C24H35N3O5. The Bertz CT molecular complexity index is 863. The Morgan fingerprint density at radius 2 is 1.53 bits per heavy atom. The second-order valence-electron chi connectivity index (χ2n) is 10.4. The van der Waals surface area contributed by atoms with Crippen LogP contribution in [0.1, 0.15) is 52.7 Å². The van der Waals surface area contributed by atoms with Crippen LogP contribution in [-0.2, 0) is 27.2 Å². The number of hydrogen-bond donors (Lipinski definition) is 0. The number of ether oxygens (including phenoxy) is 2. The summed E-state index contributed by atoms with van der Waals surface area (Å²) in [6, 6.07) is 5.45. The minimum Gasteiger partial charge on any atom is -0.444 e. The molecule has 1 atom stereocenters. The number of piperazine rings is 1. The number of carbonyl (C=O) groups excluding carboxylic acids is 3. The predicted octanol–water partition coefficient (Wildman–Crippen LogP) is 3.60. The van der Waals surface area contributed by atoms with E-state index < -0.39 is 23.3 Å². The fourth-order valence-electron chi connectivity index (χ4n) is 4.02. The highest BCUT2D eigenvalue weighted by molar-refractivity contribution is 5.76. The molecule has 0 N–H and O–H groups in total. The average molecular weight is 446 g/mol. The van der Waals surface area contributed by atoms with E-state index in [0.717, 1.165) is 23.1 Å². The first-order valence-electron chi connectivity index (χ1n) is 11.2. The van der Waals surface area contributed by atoms with Gasteiger partial charge in [0.1, 0.15) is 17.5 Å². The van der Waals surface area contributed by atoms with Crippen LogP contribution in [0, 0.1) is 0 Å². The van der Waals surface area contributed by atoms with Crippen LogP contribution in [0.15, 0.2) is 18.2 Å². The first-order chi connectivity index (χ1) is 14.9. The molecule has 0 saturated carbocycles. The molecule has 2 aliphatic rings. The maximum Gasteiger partial charge on any atom is 0.411 e. The molecule has 0 aliphatic carbocycles. The van der Waals surface area contributed by atoms with E-state index in [1.807, 2.05) is 59.7 Å². The van der Waals surface area contributed by atoms with Crippen LogP contribution in [0.25, 0.3) is 0 Å². The van der Waals surface area contributed by atoms with Crippen molar-refractivity contribution >= 4 is 24.2 Å². The second-order valence-corrected chi connectivity index (χ2v) is 10.4. The smallest absolute Gasteiger partial charge is 0.411 e. The lowest BCUT2D eigenvalue weighted by Gasteiger charge is -2.40. The van der Waals surface area contributed by atoms with E-state index in [1.54, 1.807) is 4.90 Å². The van der Waals surface area contributed by atoms with Crippen LogP contribution in [0.3, 0.4) is 0 Å². The molecular weight excluding hydrogens is 410 g/mol. The molecule has 3 rings (SSSR count). The number of fused-ring (bicyclic) bond motifs is 1. The van der Waals surface area contributed by atoms with Crippen molar-refractivity contribution in [1.29, 1.82) is 0 Å². The molecule has 176 valence electrons. The molecule has 2 aliphatic heterocycles. The van der Waals surface area contributed by atoms with Gasteiger partial charge in [-0.1, -0.05) is 12.1 Å². The number of nitrogens with zero attached hydrogens (tertiary/aromatic N) is 3. The SMILES string of the molecule is CC(C)(C)OC(=O)N1CCN(c2cccc3c2CC(C=O)N(C(=O)OC(C)(C)C)C3)CC1. The Balaban J connectivity index is 1.73. The zero-order chi connectivity index (χ0) is 23.7. The van der Waals surface area contributed by atoms with Gasteiger partial charge in [-0.3, -0.25) is 4.90 Å². The van der Waals surface area contributed by atoms with E-state index in [4.69, 9.17) is 9.47 Å². The van der Waals surface area contributed by atoms with Gasteiger partial charge in [0.2, 0.25) is 0 Å². The van der Waals surface area contributed by atoms with Crippen molar-refractivity contribution in [2.75, 3.05) is 31.1 Å². The minimum absolute atomic E-state index is 0.290. The standard InChI is InChI=1S/C24H35N3O5/c1-23(2,3)31-21(29)26-12-10-25(11-13-26)20-9-7-8-17-15-27(18(16-28)14-19(17)20)22(30)32-24(4,5)6/h7-9,16,18H,10-15H2,1-6H3. The van der Waals surface area contributed by atoms with Crippen LogP contribution in [0.2, 0.25) is 0 Å². The Hall–Kier alpha value is -2.77. The van der Waals surface area contributed by atoms with E-state index in [1.165, 1.54) is 4.90 Å². The molecule has 0 spiro atoms. The Labute approximate surface area is 190 Å². The highest BCUT2D eigenvalue weighted by Gasteiger charge is 2.35. The van der Waals surface area contributed by atoms with E-state index in [2.05, 4.69) is 4.90 Å². The summed E-state index contributed by atoms with van der Waals surface area (Å²) in [6.45, 7) is 13.9. The van der Waals surface area contributed by atoms with Crippen LogP contribution in [-0.4, -0.2) is 71.7 Å². The third kappa shape index (κ3) is 5.72. The lowest BCUT2D eigenvalue weighted by atomic mass is 9.92. The summed E-state index contributed by atoms with van der Waals surface area (Å²) in [6.07, 6.45) is 0.503. The van der Waals surface area contributed by atoms with Gasteiger partial charge < -0.3 is 24.1 Å². The van der Waals surface area contributed by atoms with E-state index in [-0.39, 0.29) is 6.09 Å². The van der Waals surface area contributed by atoms with Crippen LogP contribution in [0.4, 0.5) is 15.3 Å². The van der Waals surface area contributed by atoms with Gasteiger partial charge in [-0.15, -0.1) is 0 Å². The lowest BCUT2D eigenvalue weighted by Crippen LogP contribution is -2.51. The summed E-state index contributed by atoms with van der Waals surface area (Å²) in [5.41, 5.74) is 2.01. The topological polar surface area (TPSA) is 79.4 Å². The number of benzene rings is 1. The maximum absolute atomic E-state index is 12.7.